The fourth-order valence-corrected chi connectivity index (χ4v) is 1.34. The van der Waals surface area contributed by atoms with Crippen LogP contribution in [-0.4, -0.2) is 38.2 Å². The molecule has 0 aliphatic carbocycles. The second kappa shape index (κ2) is 3.18. The average Bonchev–Trinajstić information content (AvgIpc) is 2.60. The Hall–Kier alpha value is -1.76. The van der Waals surface area contributed by atoms with Gasteiger partial charge in [-0.3, -0.25) is 4.79 Å². The average molecular weight is 195 g/mol. The minimum Gasteiger partial charge on any atom is -0.396 e. The van der Waals surface area contributed by atoms with Gasteiger partial charge in [0.25, 0.3) is 11.9 Å². The second-order valence-electron chi connectivity index (χ2n) is 2.91. The quantitative estimate of drug-likeness (QED) is 0.624. The third-order valence-corrected chi connectivity index (χ3v) is 2.04. The summed E-state index contributed by atoms with van der Waals surface area (Å²) in [5.41, 5.74) is 5.57. The van der Waals surface area contributed by atoms with E-state index in [4.69, 9.17) is 10.8 Å². The Balaban J connectivity index is 2.40. The van der Waals surface area contributed by atoms with Crippen LogP contribution in [0.2, 0.25) is 0 Å². The van der Waals surface area contributed by atoms with Crippen molar-refractivity contribution in [3.8, 4) is 0 Å². The van der Waals surface area contributed by atoms with Crippen LogP contribution in [0.15, 0.2) is 11.3 Å². The summed E-state index contributed by atoms with van der Waals surface area (Å²) in [6.07, 6.45) is 1.50. The fourth-order valence-electron chi connectivity index (χ4n) is 1.34. The van der Waals surface area contributed by atoms with E-state index in [0.29, 0.717) is 0 Å². The van der Waals surface area contributed by atoms with Crippen LogP contribution in [0.25, 0.3) is 0 Å². The maximum atomic E-state index is 11.7. The second-order valence-corrected chi connectivity index (χ2v) is 2.91. The number of rotatable bonds is 2. The van der Waals surface area contributed by atoms with Gasteiger partial charge in [0, 0.05) is 6.61 Å². The molecule has 0 radical (unpaired) electrons. The fraction of sp³-hybridized carbons (Fsp3) is 0.429. The number of aliphatic hydroxyl groups is 1. The van der Waals surface area contributed by atoms with Crippen LogP contribution in [0.4, 0.5) is 5.95 Å². The lowest BCUT2D eigenvalue weighted by atomic mass is 10.0. The van der Waals surface area contributed by atoms with Crippen molar-refractivity contribution in [2.24, 2.45) is 16.6 Å². The third kappa shape index (κ3) is 1.18. The summed E-state index contributed by atoms with van der Waals surface area (Å²) in [5, 5.41) is 12.5. The lowest BCUT2D eigenvalue weighted by Gasteiger charge is -2.17. The van der Waals surface area contributed by atoms with Gasteiger partial charge in [-0.25, -0.2) is 0 Å². The van der Waals surface area contributed by atoms with Crippen molar-refractivity contribution in [2.75, 3.05) is 6.61 Å². The highest BCUT2D eigenvalue weighted by Gasteiger charge is 2.30. The number of carbonyl (C=O) groups is 1. The van der Waals surface area contributed by atoms with E-state index in [1.807, 2.05) is 0 Å². The van der Waals surface area contributed by atoms with E-state index in [2.05, 4.69) is 15.1 Å². The Morgan fingerprint density at radius 3 is 3.14 bits per heavy atom. The first kappa shape index (κ1) is 8.82. The van der Waals surface area contributed by atoms with Gasteiger partial charge in [0.1, 0.15) is 18.1 Å². The summed E-state index contributed by atoms with van der Waals surface area (Å²) in [6, 6.07) is 0. The zero-order chi connectivity index (χ0) is 10.1. The van der Waals surface area contributed by atoms with Gasteiger partial charge in [0.15, 0.2) is 0 Å². The molecule has 0 saturated carbocycles. The first-order chi connectivity index (χ1) is 6.74. The monoisotopic (exact) mass is 195 g/mol. The molecule has 7 heteroatoms. The first-order valence-corrected chi connectivity index (χ1v) is 4.13. The molecule has 2 heterocycles. The van der Waals surface area contributed by atoms with E-state index >= 15 is 0 Å². The van der Waals surface area contributed by atoms with E-state index in [9.17, 15) is 4.79 Å². The molecule has 7 nitrogen and oxygen atoms in total. The molecule has 0 aromatic carbocycles. The maximum Gasteiger partial charge on any atom is 0.260 e. The van der Waals surface area contributed by atoms with Gasteiger partial charge < -0.3 is 10.8 Å². The van der Waals surface area contributed by atoms with Crippen molar-refractivity contribution >= 4 is 17.7 Å². The van der Waals surface area contributed by atoms with Crippen LogP contribution in [0.1, 0.15) is 11.2 Å². The molecule has 1 atom stereocenters. The van der Waals surface area contributed by atoms with Gasteiger partial charge >= 0.3 is 0 Å². The van der Waals surface area contributed by atoms with Crippen molar-refractivity contribution < 1.29 is 9.90 Å². The highest BCUT2D eigenvalue weighted by molar-refractivity contribution is 6.06. The van der Waals surface area contributed by atoms with E-state index in [0.717, 1.165) is 4.68 Å². The van der Waals surface area contributed by atoms with Crippen molar-refractivity contribution in [3.05, 3.63) is 6.33 Å². The van der Waals surface area contributed by atoms with Crippen LogP contribution in [0.5, 0.6) is 0 Å². The Kier molecular flexibility index (Phi) is 2.01. The van der Waals surface area contributed by atoms with Crippen LogP contribution < -0.4 is 5.73 Å². The predicted octanol–water partition coefficient (Wildman–Crippen LogP) is -1.08. The molecule has 0 bridgehead atoms. The van der Waals surface area contributed by atoms with Crippen LogP contribution in [-0.2, 0) is 0 Å². The Morgan fingerprint density at radius 2 is 2.43 bits per heavy atom. The SMILES string of the molecule is NC1=Nc2ncnn2C(=O)C1CCO. The van der Waals surface area contributed by atoms with Crippen molar-refractivity contribution in [1.82, 2.24) is 14.8 Å². The molecule has 0 fully saturated rings. The number of carbonyl (C=O) groups excluding carboxylic acids is 1. The van der Waals surface area contributed by atoms with Crippen molar-refractivity contribution in [1.29, 1.82) is 0 Å². The number of hydrogen-bond acceptors (Lipinski definition) is 6. The molecule has 0 saturated heterocycles. The smallest absolute Gasteiger partial charge is 0.260 e. The summed E-state index contributed by atoms with van der Waals surface area (Å²) < 4.78 is 1.09. The zero-order valence-electron chi connectivity index (χ0n) is 7.29. The number of aliphatic hydroxyl groups excluding tert-OH is 1. The minimum absolute atomic E-state index is 0.114. The van der Waals surface area contributed by atoms with E-state index in [1.54, 1.807) is 0 Å². The molecule has 1 aliphatic rings. The largest absolute Gasteiger partial charge is 0.396 e. The number of fused-ring (bicyclic) bond motifs is 1. The molecule has 2 rings (SSSR count). The summed E-state index contributed by atoms with van der Waals surface area (Å²) in [7, 11) is 0. The number of aliphatic imine (C=N–C) groups is 1. The lowest BCUT2D eigenvalue weighted by molar-refractivity contribution is 0.0834. The summed E-state index contributed by atoms with van der Waals surface area (Å²) in [5.74, 6) is -0.500. The van der Waals surface area contributed by atoms with Crippen LogP contribution in [0, 0.1) is 5.92 Å². The third-order valence-electron chi connectivity index (χ3n) is 2.04. The summed E-state index contributed by atoms with van der Waals surface area (Å²) in [6.45, 7) is -0.114. The molecule has 14 heavy (non-hydrogen) atoms. The van der Waals surface area contributed by atoms with Crippen LogP contribution >= 0.6 is 0 Å². The molecule has 1 unspecified atom stereocenters. The van der Waals surface area contributed by atoms with Crippen molar-refractivity contribution in [2.45, 2.75) is 6.42 Å². The Morgan fingerprint density at radius 1 is 1.64 bits per heavy atom. The number of nitrogens with two attached hydrogens (primary N) is 1. The maximum absolute atomic E-state index is 11.7. The Labute approximate surface area is 79.3 Å². The van der Waals surface area contributed by atoms with Gasteiger partial charge in [0.05, 0.1) is 0 Å². The first-order valence-electron chi connectivity index (χ1n) is 4.13. The topological polar surface area (TPSA) is 106 Å². The molecule has 1 aromatic rings. The Bertz CT molecular complexity index is 397. The van der Waals surface area contributed by atoms with Gasteiger partial charge in [-0.2, -0.15) is 19.8 Å². The predicted molar refractivity (Wildman–Crippen MR) is 47.1 cm³/mol. The molecule has 0 spiro atoms. The standard InChI is InChI=1S/C7H9N5O2/c8-5-4(1-2-13)6(14)12-7(11-5)9-3-10-12/h3-4,13H,1-2H2,(H2,8,9,10,11). The van der Waals surface area contributed by atoms with Gasteiger partial charge in [-0.05, 0) is 6.42 Å². The molecule has 1 aliphatic heterocycles. The molecule has 0 amide bonds. The summed E-state index contributed by atoms with van der Waals surface area (Å²) >= 11 is 0. The van der Waals surface area contributed by atoms with Gasteiger partial charge in [0.2, 0.25) is 0 Å². The molecular formula is C7H9N5O2. The number of hydrogen-bond donors (Lipinski definition) is 2. The van der Waals surface area contributed by atoms with E-state index < -0.39 is 5.92 Å². The molecular weight excluding hydrogens is 186 g/mol. The van der Waals surface area contributed by atoms with E-state index in [1.165, 1.54) is 6.33 Å². The minimum atomic E-state index is -0.589. The number of nitrogens with zero attached hydrogens (tertiary/aromatic N) is 4. The zero-order valence-corrected chi connectivity index (χ0v) is 7.29. The lowest BCUT2D eigenvalue weighted by Crippen LogP contribution is -2.37. The number of amidine groups is 1. The number of aromatic nitrogens is 3. The van der Waals surface area contributed by atoms with Crippen molar-refractivity contribution in [3.63, 3.8) is 0 Å². The van der Waals surface area contributed by atoms with Gasteiger partial charge in [-0.15, -0.1) is 0 Å². The molecule has 74 valence electrons. The highest BCUT2D eigenvalue weighted by atomic mass is 16.3. The van der Waals surface area contributed by atoms with E-state index in [-0.39, 0.29) is 30.7 Å². The van der Waals surface area contributed by atoms with Gasteiger partial charge in [-0.1, -0.05) is 0 Å². The normalized spacial score (nSPS) is 20.5. The highest BCUT2D eigenvalue weighted by Crippen LogP contribution is 2.18. The molecule has 3 N–H and O–H groups in total. The molecule has 1 aromatic heterocycles. The van der Waals surface area contributed by atoms with Crippen LogP contribution in [0.3, 0.4) is 0 Å². The summed E-state index contributed by atoms with van der Waals surface area (Å²) in [4.78, 5) is 19.3.